The van der Waals surface area contributed by atoms with E-state index in [1.165, 1.54) is 5.56 Å². The number of nitrogens with zero attached hydrogens (tertiary/aromatic N) is 1. The van der Waals surface area contributed by atoms with Crippen molar-refractivity contribution in [2.45, 2.75) is 20.0 Å². The topological polar surface area (TPSA) is 57.8 Å². The lowest BCUT2D eigenvalue weighted by Crippen LogP contribution is -2.14. The zero-order valence-corrected chi connectivity index (χ0v) is 9.58. The molecule has 1 aliphatic rings. The average molecular weight is 227 g/mol. The molecule has 0 amide bonds. The van der Waals surface area contributed by atoms with Gasteiger partial charge in [-0.05, 0) is 6.92 Å². The summed E-state index contributed by atoms with van der Waals surface area (Å²) in [5.41, 5.74) is 4.79. The summed E-state index contributed by atoms with van der Waals surface area (Å²) in [6.07, 6.45) is 0. The van der Waals surface area contributed by atoms with Crippen molar-refractivity contribution in [1.29, 1.82) is 0 Å². The van der Waals surface area contributed by atoms with Gasteiger partial charge in [-0.25, -0.2) is 4.79 Å². The van der Waals surface area contributed by atoms with Crippen molar-refractivity contribution in [2.24, 2.45) is 0 Å². The number of rotatable bonds is 1. The van der Waals surface area contributed by atoms with Crippen LogP contribution >= 0.6 is 0 Å². The van der Waals surface area contributed by atoms with Crippen molar-refractivity contribution < 1.29 is 0 Å². The molecule has 4 nitrogen and oxygen atoms in total. The number of aromatic nitrogens is 2. The van der Waals surface area contributed by atoms with Gasteiger partial charge < -0.3 is 10.3 Å². The molecule has 0 aliphatic carbocycles. The minimum Gasteiger partial charge on any atom is -0.308 e. The number of benzene rings is 1. The van der Waals surface area contributed by atoms with E-state index in [4.69, 9.17) is 0 Å². The van der Waals surface area contributed by atoms with Gasteiger partial charge >= 0.3 is 5.69 Å². The smallest absolute Gasteiger partial charge is 0.308 e. The summed E-state index contributed by atoms with van der Waals surface area (Å²) in [6, 6.07) is 8.09. The van der Waals surface area contributed by atoms with Gasteiger partial charge in [0.2, 0.25) is 0 Å². The third-order valence-electron chi connectivity index (χ3n) is 3.05. The molecule has 0 fully saturated rings. The van der Waals surface area contributed by atoms with E-state index in [0.29, 0.717) is 6.54 Å². The first-order chi connectivity index (χ1) is 8.24. The van der Waals surface area contributed by atoms with E-state index in [0.717, 1.165) is 29.1 Å². The normalized spacial score (nSPS) is 13.7. The summed E-state index contributed by atoms with van der Waals surface area (Å²) < 4.78 is 0. The highest BCUT2D eigenvalue weighted by Gasteiger charge is 2.17. The summed E-state index contributed by atoms with van der Waals surface area (Å²) in [5, 5.41) is 3.23. The first kappa shape index (κ1) is 10.2. The molecule has 2 heterocycles. The van der Waals surface area contributed by atoms with Crippen LogP contribution in [0.5, 0.6) is 0 Å². The molecule has 17 heavy (non-hydrogen) atoms. The lowest BCUT2D eigenvalue weighted by molar-refractivity contribution is 0.757. The average Bonchev–Trinajstić information content (AvgIpc) is 2.77. The lowest BCUT2D eigenvalue weighted by Gasteiger charge is -2.06. The number of H-pyrrole nitrogens is 1. The van der Waals surface area contributed by atoms with Gasteiger partial charge in [-0.2, -0.15) is 4.98 Å². The van der Waals surface area contributed by atoms with Crippen LogP contribution < -0.4 is 11.0 Å². The quantitative estimate of drug-likeness (QED) is 0.773. The monoisotopic (exact) mass is 227 g/mol. The van der Waals surface area contributed by atoms with Crippen molar-refractivity contribution in [1.82, 2.24) is 15.3 Å². The fourth-order valence-electron chi connectivity index (χ4n) is 2.15. The Bertz CT molecular complexity index is 614. The Morgan fingerprint density at radius 1 is 1.18 bits per heavy atom. The molecular weight excluding hydrogens is 214 g/mol. The number of aryl methyl sites for hydroxylation is 1. The molecule has 86 valence electrons. The number of hydrogen-bond acceptors (Lipinski definition) is 3. The molecule has 0 spiro atoms. The zero-order valence-electron chi connectivity index (χ0n) is 9.58. The number of nitrogens with one attached hydrogen (secondary N) is 2. The maximum Gasteiger partial charge on any atom is 0.345 e. The Labute approximate surface area is 98.7 Å². The maximum absolute atomic E-state index is 11.5. The summed E-state index contributed by atoms with van der Waals surface area (Å²) in [4.78, 5) is 18.4. The van der Waals surface area contributed by atoms with Crippen molar-refractivity contribution in [3.63, 3.8) is 0 Å². The van der Waals surface area contributed by atoms with Gasteiger partial charge in [0.1, 0.15) is 0 Å². The molecule has 0 atom stereocenters. The Morgan fingerprint density at radius 2 is 1.94 bits per heavy atom. The van der Waals surface area contributed by atoms with Gasteiger partial charge in [-0.15, -0.1) is 0 Å². The first-order valence-electron chi connectivity index (χ1n) is 5.64. The summed E-state index contributed by atoms with van der Waals surface area (Å²) in [6.45, 7) is 3.52. The highest BCUT2D eigenvalue weighted by atomic mass is 16.1. The van der Waals surface area contributed by atoms with Crippen LogP contribution in [0.3, 0.4) is 0 Å². The number of aromatic amines is 1. The van der Waals surface area contributed by atoms with Crippen LogP contribution in [0.1, 0.15) is 16.8 Å². The van der Waals surface area contributed by atoms with Crippen LogP contribution in [0.15, 0.2) is 29.1 Å². The highest BCUT2D eigenvalue weighted by molar-refractivity contribution is 5.64. The Hall–Kier alpha value is -1.94. The molecule has 1 aliphatic heterocycles. The Morgan fingerprint density at radius 3 is 2.71 bits per heavy atom. The van der Waals surface area contributed by atoms with Crippen molar-refractivity contribution in [2.75, 3.05) is 0 Å². The van der Waals surface area contributed by atoms with E-state index >= 15 is 0 Å². The van der Waals surface area contributed by atoms with Gasteiger partial charge in [0.05, 0.1) is 5.69 Å². The molecule has 0 bridgehead atoms. The predicted octanol–water partition coefficient (Wildman–Crippen LogP) is 1.35. The van der Waals surface area contributed by atoms with Crippen LogP contribution in [-0.2, 0) is 13.1 Å². The van der Waals surface area contributed by atoms with Crippen LogP contribution in [-0.4, -0.2) is 9.97 Å². The van der Waals surface area contributed by atoms with Gasteiger partial charge in [-0.3, -0.25) is 0 Å². The van der Waals surface area contributed by atoms with E-state index in [9.17, 15) is 4.79 Å². The van der Waals surface area contributed by atoms with Gasteiger partial charge in [-0.1, -0.05) is 29.8 Å². The standard InChI is InChI=1S/C13H13N3O/c1-8-2-4-9(5-3-8)12-10-6-14-7-11(10)15-13(17)16-12/h2-5,14H,6-7H2,1H3,(H,15,16,17). The summed E-state index contributed by atoms with van der Waals surface area (Å²) >= 11 is 0. The SMILES string of the molecule is Cc1ccc(-c2nc(=O)[nH]c3c2CNC3)cc1. The minimum absolute atomic E-state index is 0.275. The third kappa shape index (κ3) is 1.76. The molecule has 1 aromatic heterocycles. The summed E-state index contributed by atoms with van der Waals surface area (Å²) in [5.74, 6) is 0. The number of fused-ring (bicyclic) bond motifs is 1. The molecule has 4 heteroatoms. The molecule has 0 radical (unpaired) electrons. The van der Waals surface area contributed by atoms with Crippen LogP contribution in [0, 0.1) is 6.92 Å². The predicted molar refractivity (Wildman–Crippen MR) is 65.6 cm³/mol. The second kappa shape index (κ2) is 3.82. The largest absolute Gasteiger partial charge is 0.345 e. The molecule has 3 rings (SSSR count). The molecular formula is C13H13N3O. The number of hydrogen-bond donors (Lipinski definition) is 2. The van der Waals surface area contributed by atoms with Crippen LogP contribution in [0.25, 0.3) is 11.3 Å². The second-order valence-electron chi connectivity index (χ2n) is 4.32. The van der Waals surface area contributed by atoms with Crippen LogP contribution in [0.4, 0.5) is 0 Å². The van der Waals surface area contributed by atoms with E-state index in [2.05, 4.69) is 15.3 Å². The third-order valence-corrected chi connectivity index (χ3v) is 3.05. The van der Waals surface area contributed by atoms with Gasteiger partial charge in [0.15, 0.2) is 0 Å². The second-order valence-corrected chi connectivity index (χ2v) is 4.32. The molecule has 2 aromatic rings. The van der Waals surface area contributed by atoms with Crippen molar-refractivity contribution >= 4 is 0 Å². The molecule has 1 aromatic carbocycles. The van der Waals surface area contributed by atoms with E-state index < -0.39 is 0 Å². The molecule has 0 unspecified atom stereocenters. The fraction of sp³-hybridized carbons (Fsp3) is 0.231. The fourth-order valence-corrected chi connectivity index (χ4v) is 2.15. The summed E-state index contributed by atoms with van der Waals surface area (Å²) in [7, 11) is 0. The van der Waals surface area contributed by atoms with Gasteiger partial charge in [0.25, 0.3) is 0 Å². The molecule has 0 saturated carbocycles. The minimum atomic E-state index is -0.275. The van der Waals surface area contributed by atoms with Crippen molar-refractivity contribution in [3.05, 3.63) is 51.6 Å². The van der Waals surface area contributed by atoms with Gasteiger partial charge in [0, 0.05) is 29.9 Å². The van der Waals surface area contributed by atoms with Crippen molar-refractivity contribution in [3.8, 4) is 11.3 Å². The Balaban J connectivity index is 2.21. The Kier molecular flexibility index (Phi) is 2.30. The molecule has 0 saturated heterocycles. The first-order valence-corrected chi connectivity index (χ1v) is 5.64. The van der Waals surface area contributed by atoms with E-state index in [1.54, 1.807) is 0 Å². The van der Waals surface area contributed by atoms with E-state index in [-0.39, 0.29) is 5.69 Å². The highest BCUT2D eigenvalue weighted by Crippen LogP contribution is 2.24. The maximum atomic E-state index is 11.5. The lowest BCUT2D eigenvalue weighted by atomic mass is 10.0. The van der Waals surface area contributed by atoms with E-state index in [1.807, 2.05) is 31.2 Å². The van der Waals surface area contributed by atoms with Crippen LogP contribution in [0.2, 0.25) is 0 Å². The molecule has 2 N–H and O–H groups in total. The zero-order chi connectivity index (χ0) is 11.8.